The fourth-order valence-electron chi connectivity index (χ4n) is 2.52. The SMILES string of the molecule is N#CC1C(=O)NC2C(c3ccccc3)=CSC2C1O. The average Bonchev–Trinajstić information content (AvgIpc) is 2.84. The number of carbonyl (C=O) groups is 1. The molecule has 5 heteroatoms. The lowest BCUT2D eigenvalue weighted by atomic mass is 9.86. The molecule has 2 aliphatic rings. The van der Waals surface area contributed by atoms with Crippen molar-refractivity contribution in [2.24, 2.45) is 5.92 Å². The second-order valence-corrected chi connectivity index (χ2v) is 5.68. The second kappa shape index (κ2) is 4.72. The Hall–Kier alpha value is -1.77. The molecule has 2 N–H and O–H groups in total. The van der Waals surface area contributed by atoms with Crippen LogP contribution >= 0.6 is 11.8 Å². The minimum atomic E-state index is -0.975. The van der Waals surface area contributed by atoms with Crippen molar-refractivity contribution < 1.29 is 9.90 Å². The largest absolute Gasteiger partial charge is 0.390 e. The maximum atomic E-state index is 11.8. The highest BCUT2D eigenvalue weighted by molar-refractivity contribution is 8.03. The Morgan fingerprint density at radius 3 is 2.74 bits per heavy atom. The van der Waals surface area contributed by atoms with Crippen LogP contribution in [0.25, 0.3) is 5.57 Å². The van der Waals surface area contributed by atoms with E-state index in [0.717, 1.165) is 11.1 Å². The summed E-state index contributed by atoms with van der Waals surface area (Å²) in [5.74, 6) is -1.36. The van der Waals surface area contributed by atoms with Gasteiger partial charge in [-0.25, -0.2) is 0 Å². The molecule has 1 saturated heterocycles. The Morgan fingerprint density at radius 2 is 2.05 bits per heavy atom. The minimum absolute atomic E-state index is 0.183. The van der Waals surface area contributed by atoms with Gasteiger partial charge in [0.25, 0.3) is 0 Å². The molecule has 4 unspecified atom stereocenters. The number of nitriles is 1. The summed E-state index contributed by atoms with van der Waals surface area (Å²) >= 11 is 1.48. The molecule has 1 fully saturated rings. The van der Waals surface area contributed by atoms with Gasteiger partial charge in [0.05, 0.1) is 23.5 Å². The van der Waals surface area contributed by atoms with Crippen molar-refractivity contribution in [3.05, 3.63) is 41.3 Å². The zero-order valence-corrected chi connectivity index (χ0v) is 10.8. The van der Waals surface area contributed by atoms with E-state index in [4.69, 9.17) is 5.26 Å². The number of fused-ring (bicyclic) bond motifs is 1. The Balaban J connectivity index is 1.91. The Labute approximate surface area is 115 Å². The van der Waals surface area contributed by atoms with Crippen molar-refractivity contribution in [3.8, 4) is 6.07 Å². The van der Waals surface area contributed by atoms with Crippen molar-refractivity contribution >= 4 is 23.2 Å². The van der Waals surface area contributed by atoms with Crippen LogP contribution in [0, 0.1) is 17.2 Å². The van der Waals surface area contributed by atoms with E-state index in [1.54, 1.807) is 0 Å². The average molecular weight is 272 g/mol. The highest BCUT2D eigenvalue weighted by atomic mass is 32.2. The maximum absolute atomic E-state index is 11.8. The maximum Gasteiger partial charge on any atom is 0.240 e. The molecule has 3 rings (SSSR count). The number of amides is 1. The summed E-state index contributed by atoms with van der Waals surface area (Å²) < 4.78 is 0. The van der Waals surface area contributed by atoms with E-state index in [9.17, 15) is 9.90 Å². The predicted octanol–water partition coefficient (Wildman–Crippen LogP) is 1.14. The zero-order valence-electron chi connectivity index (χ0n) is 9.98. The van der Waals surface area contributed by atoms with Crippen molar-refractivity contribution in [2.45, 2.75) is 17.4 Å². The normalized spacial score (nSPS) is 33.1. The molecule has 1 aromatic carbocycles. The van der Waals surface area contributed by atoms with Gasteiger partial charge in [-0.2, -0.15) is 5.26 Å². The predicted molar refractivity (Wildman–Crippen MR) is 72.8 cm³/mol. The molecule has 1 aromatic rings. The number of rotatable bonds is 1. The number of thioether (sulfide) groups is 1. The smallest absolute Gasteiger partial charge is 0.240 e. The van der Waals surface area contributed by atoms with E-state index in [-0.39, 0.29) is 17.2 Å². The van der Waals surface area contributed by atoms with Crippen molar-refractivity contribution in [1.29, 1.82) is 5.26 Å². The van der Waals surface area contributed by atoms with E-state index >= 15 is 0 Å². The molecule has 0 bridgehead atoms. The van der Waals surface area contributed by atoms with Gasteiger partial charge in [0.15, 0.2) is 5.92 Å². The molecule has 19 heavy (non-hydrogen) atoms. The molecule has 2 aliphatic heterocycles. The third kappa shape index (κ3) is 1.93. The van der Waals surface area contributed by atoms with Gasteiger partial charge >= 0.3 is 0 Å². The monoisotopic (exact) mass is 272 g/mol. The van der Waals surface area contributed by atoms with Gasteiger partial charge in [-0.1, -0.05) is 30.3 Å². The molecule has 4 nitrogen and oxygen atoms in total. The summed E-state index contributed by atoms with van der Waals surface area (Å²) in [4.78, 5) is 11.8. The number of nitrogens with one attached hydrogen (secondary N) is 1. The summed E-state index contributed by atoms with van der Waals surface area (Å²) in [5, 5.41) is 23.7. The van der Waals surface area contributed by atoms with Gasteiger partial charge in [0.1, 0.15) is 0 Å². The summed E-state index contributed by atoms with van der Waals surface area (Å²) in [6, 6.07) is 11.4. The number of benzene rings is 1. The van der Waals surface area contributed by atoms with Crippen LogP contribution in [0.5, 0.6) is 0 Å². The van der Waals surface area contributed by atoms with E-state index in [2.05, 4.69) is 5.32 Å². The molecule has 96 valence electrons. The lowest BCUT2D eigenvalue weighted by Crippen LogP contribution is -2.57. The van der Waals surface area contributed by atoms with E-state index in [1.165, 1.54) is 11.8 Å². The lowest BCUT2D eigenvalue weighted by Gasteiger charge is -2.34. The van der Waals surface area contributed by atoms with Crippen LogP contribution in [-0.4, -0.2) is 28.4 Å². The molecular weight excluding hydrogens is 260 g/mol. The van der Waals surface area contributed by atoms with Gasteiger partial charge in [0.2, 0.25) is 5.91 Å². The van der Waals surface area contributed by atoms with Gasteiger partial charge in [-0.15, -0.1) is 11.8 Å². The Kier molecular flexibility index (Phi) is 3.05. The topological polar surface area (TPSA) is 73.1 Å². The third-order valence-electron chi connectivity index (χ3n) is 3.52. The number of carbonyl (C=O) groups excluding carboxylic acids is 1. The number of nitrogens with zero attached hydrogens (tertiary/aromatic N) is 1. The zero-order chi connectivity index (χ0) is 13.4. The van der Waals surface area contributed by atoms with E-state index in [1.807, 2.05) is 41.8 Å². The summed E-state index contributed by atoms with van der Waals surface area (Å²) in [7, 11) is 0. The van der Waals surface area contributed by atoms with Crippen LogP contribution < -0.4 is 5.32 Å². The van der Waals surface area contributed by atoms with Gasteiger partial charge < -0.3 is 10.4 Å². The van der Waals surface area contributed by atoms with Crippen molar-refractivity contribution in [1.82, 2.24) is 5.32 Å². The van der Waals surface area contributed by atoms with Crippen LogP contribution in [0.4, 0.5) is 0 Å². The molecule has 2 heterocycles. The molecule has 0 saturated carbocycles. The number of hydrogen-bond donors (Lipinski definition) is 2. The summed E-state index contributed by atoms with van der Waals surface area (Å²) in [6.45, 7) is 0. The first-order valence-electron chi connectivity index (χ1n) is 6.01. The van der Waals surface area contributed by atoms with Gasteiger partial charge in [-0.3, -0.25) is 4.79 Å². The number of piperidine rings is 1. The van der Waals surface area contributed by atoms with Crippen LogP contribution in [0.1, 0.15) is 5.56 Å². The quantitative estimate of drug-likeness (QED) is 0.804. The standard InChI is InChI=1S/C14H12N2O2S/c15-6-9-12(17)13-11(16-14(9)18)10(7-19-13)8-4-2-1-3-5-8/h1-5,7,9,11-13,17H,(H,16,18). The van der Waals surface area contributed by atoms with Crippen molar-refractivity contribution in [3.63, 3.8) is 0 Å². The fraction of sp³-hybridized carbons (Fsp3) is 0.286. The van der Waals surface area contributed by atoms with Crippen molar-refractivity contribution in [2.75, 3.05) is 0 Å². The molecule has 4 atom stereocenters. The molecule has 0 aliphatic carbocycles. The Bertz CT molecular complexity index is 579. The highest BCUT2D eigenvalue weighted by Crippen LogP contribution is 2.41. The highest BCUT2D eigenvalue weighted by Gasteiger charge is 2.47. The van der Waals surface area contributed by atoms with Crippen LogP contribution in [0.15, 0.2) is 35.7 Å². The minimum Gasteiger partial charge on any atom is -0.390 e. The molecule has 0 spiro atoms. The first-order valence-corrected chi connectivity index (χ1v) is 6.95. The fourth-order valence-corrected chi connectivity index (χ4v) is 3.80. The van der Waals surface area contributed by atoms with E-state index < -0.39 is 12.0 Å². The molecule has 0 aromatic heterocycles. The first kappa shape index (κ1) is 12.3. The lowest BCUT2D eigenvalue weighted by molar-refractivity contribution is -0.129. The first-order chi connectivity index (χ1) is 9.22. The van der Waals surface area contributed by atoms with Gasteiger partial charge in [-0.05, 0) is 16.5 Å². The second-order valence-electron chi connectivity index (χ2n) is 4.62. The van der Waals surface area contributed by atoms with Crippen LogP contribution in [0.3, 0.4) is 0 Å². The number of aliphatic hydroxyl groups is 1. The third-order valence-corrected chi connectivity index (χ3v) is 4.78. The molecule has 0 radical (unpaired) electrons. The summed E-state index contributed by atoms with van der Waals surface area (Å²) in [5.41, 5.74) is 2.03. The number of aliphatic hydroxyl groups excluding tert-OH is 1. The summed E-state index contributed by atoms with van der Waals surface area (Å²) in [6.07, 6.45) is -0.925. The number of hydrogen-bond acceptors (Lipinski definition) is 4. The van der Waals surface area contributed by atoms with Gasteiger partial charge in [0, 0.05) is 0 Å². The molecular formula is C14H12N2O2S. The molecule has 1 amide bonds. The van der Waals surface area contributed by atoms with Crippen LogP contribution in [0.2, 0.25) is 0 Å². The van der Waals surface area contributed by atoms with E-state index in [0.29, 0.717) is 0 Å². The van der Waals surface area contributed by atoms with Crippen LogP contribution in [-0.2, 0) is 4.79 Å². The Morgan fingerprint density at radius 1 is 1.32 bits per heavy atom.